The standard InChI is InChI=1S/C14H16ClFN2O3/c1-17(13-5-3-2-4-11(13)15)14(19)10-7-6-9(18(20)21)8-12(10)16/h6-8,11,13H,2-5H2,1H3. The largest absolute Gasteiger partial charge is 0.337 e. The van der Waals surface area contributed by atoms with Gasteiger partial charge in [-0.25, -0.2) is 4.39 Å². The molecule has 1 fully saturated rings. The van der Waals surface area contributed by atoms with Gasteiger partial charge in [-0.05, 0) is 18.9 Å². The molecule has 0 heterocycles. The van der Waals surface area contributed by atoms with Gasteiger partial charge in [0.05, 0.1) is 21.9 Å². The summed E-state index contributed by atoms with van der Waals surface area (Å²) < 4.78 is 13.9. The maximum absolute atomic E-state index is 13.9. The van der Waals surface area contributed by atoms with E-state index in [1.54, 1.807) is 7.05 Å². The molecule has 0 aromatic heterocycles. The lowest BCUT2D eigenvalue weighted by Gasteiger charge is -2.35. The number of amides is 1. The van der Waals surface area contributed by atoms with Crippen LogP contribution >= 0.6 is 11.6 Å². The van der Waals surface area contributed by atoms with E-state index in [1.165, 1.54) is 4.90 Å². The Morgan fingerprint density at radius 1 is 1.43 bits per heavy atom. The lowest BCUT2D eigenvalue weighted by atomic mass is 9.93. The van der Waals surface area contributed by atoms with Crippen molar-refractivity contribution in [2.24, 2.45) is 0 Å². The third-order valence-electron chi connectivity index (χ3n) is 3.86. The predicted octanol–water partition coefficient (Wildman–Crippen LogP) is 3.36. The molecule has 21 heavy (non-hydrogen) atoms. The monoisotopic (exact) mass is 314 g/mol. The fourth-order valence-electron chi connectivity index (χ4n) is 2.63. The Bertz CT molecular complexity index is 567. The molecule has 1 aliphatic rings. The second kappa shape index (κ2) is 6.39. The lowest BCUT2D eigenvalue weighted by Crippen LogP contribution is -2.44. The van der Waals surface area contributed by atoms with Crippen LogP contribution in [0.5, 0.6) is 0 Å². The van der Waals surface area contributed by atoms with Crippen molar-refractivity contribution < 1.29 is 14.1 Å². The summed E-state index contributed by atoms with van der Waals surface area (Å²) in [5, 5.41) is 10.4. The van der Waals surface area contributed by atoms with E-state index in [0.717, 1.165) is 43.9 Å². The van der Waals surface area contributed by atoms with E-state index < -0.39 is 16.6 Å². The number of non-ortho nitro benzene ring substituents is 1. The van der Waals surface area contributed by atoms with Crippen LogP contribution in [0.3, 0.4) is 0 Å². The molecule has 0 spiro atoms. The van der Waals surface area contributed by atoms with Gasteiger partial charge in [0.2, 0.25) is 0 Å². The van der Waals surface area contributed by atoms with Gasteiger partial charge in [0.25, 0.3) is 11.6 Å². The number of carbonyl (C=O) groups is 1. The van der Waals surface area contributed by atoms with Gasteiger partial charge in [-0.3, -0.25) is 14.9 Å². The average Bonchev–Trinajstić information content (AvgIpc) is 2.46. The molecule has 2 unspecified atom stereocenters. The van der Waals surface area contributed by atoms with Crippen molar-refractivity contribution >= 4 is 23.2 Å². The minimum Gasteiger partial charge on any atom is -0.337 e. The van der Waals surface area contributed by atoms with Gasteiger partial charge < -0.3 is 4.90 Å². The van der Waals surface area contributed by atoms with Crippen LogP contribution < -0.4 is 0 Å². The highest BCUT2D eigenvalue weighted by Crippen LogP contribution is 2.28. The quantitative estimate of drug-likeness (QED) is 0.488. The van der Waals surface area contributed by atoms with Gasteiger partial charge >= 0.3 is 0 Å². The Morgan fingerprint density at radius 2 is 2.10 bits per heavy atom. The SMILES string of the molecule is CN(C(=O)c1ccc([N+](=O)[O-])cc1F)C1CCCCC1Cl. The fraction of sp³-hybridized carbons (Fsp3) is 0.500. The first-order valence-electron chi connectivity index (χ1n) is 6.77. The highest BCUT2D eigenvalue weighted by Gasteiger charge is 2.31. The number of carbonyl (C=O) groups excluding carboxylic acids is 1. The van der Waals surface area contributed by atoms with E-state index in [-0.39, 0.29) is 22.7 Å². The minimum absolute atomic E-state index is 0.137. The van der Waals surface area contributed by atoms with Crippen LogP contribution in [0.15, 0.2) is 18.2 Å². The Kier molecular flexibility index (Phi) is 4.77. The molecule has 1 aliphatic carbocycles. The van der Waals surface area contributed by atoms with E-state index in [9.17, 15) is 19.3 Å². The molecule has 5 nitrogen and oxygen atoms in total. The smallest absolute Gasteiger partial charge is 0.272 e. The summed E-state index contributed by atoms with van der Waals surface area (Å²) in [5.41, 5.74) is -0.544. The van der Waals surface area contributed by atoms with Crippen molar-refractivity contribution in [2.75, 3.05) is 7.05 Å². The van der Waals surface area contributed by atoms with Gasteiger partial charge in [0, 0.05) is 19.2 Å². The van der Waals surface area contributed by atoms with Crippen molar-refractivity contribution in [3.05, 3.63) is 39.7 Å². The number of nitrogens with zero attached hydrogens (tertiary/aromatic N) is 2. The molecule has 1 amide bonds. The zero-order chi connectivity index (χ0) is 15.6. The minimum atomic E-state index is -0.886. The van der Waals surface area contributed by atoms with E-state index >= 15 is 0 Å². The number of halogens is 2. The summed E-state index contributed by atoms with van der Waals surface area (Å²) in [7, 11) is 1.59. The van der Waals surface area contributed by atoms with E-state index in [1.807, 2.05) is 0 Å². The van der Waals surface area contributed by atoms with Gasteiger partial charge in [-0.15, -0.1) is 11.6 Å². The zero-order valence-electron chi connectivity index (χ0n) is 11.6. The molecule has 0 bridgehead atoms. The molecule has 0 saturated heterocycles. The third kappa shape index (κ3) is 3.32. The van der Waals surface area contributed by atoms with Crippen molar-refractivity contribution in [1.29, 1.82) is 0 Å². The summed E-state index contributed by atoms with van der Waals surface area (Å²) in [5.74, 6) is -1.39. The summed E-state index contributed by atoms with van der Waals surface area (Å²) in [4.78, 5) is 23.7. The Morgan fingerprint density at radius 3 is 2.67 bits per heavy atom. The van der Waals surface area contributed by atoms with E-state index in [2.05, 4.69) is 0 Å². The van der Waals surface area contributed by atoms with Gasteiger partial charge in [0.15, 0.2) is 0 Å². The second-order valence-corrected chi connectivity index (χ2v) is 5.77. The molecular formula is C14H16ClFN2O3. The van der Waals surface area contributed by atoms with Crippen molar-refractivity contribution in [1.82, 2.24) is 4.90 Å². The summed E-state index contributed by atoms with van der Waals surface area (Å²) >= 11 is 6.24. The number of rotatable bonds is 3. The normalized spacial score (nSPS) is 21.9. The molecule has 2 rings (SSSR count). The van der Waals surface area contributed by atoms with Crippen molar-refractivity contribution in [3.8, 4) is 0 Å². The molecule has 1 aromatic carbocycles. The topological polar surface area (TPSA) is 63.5 Å². The Labute approximate surface area is 126 Å². The highest BCUT2D eigenvalue weighted by atomic mass is 35.5. The number of alkyl halides is 1. The number of nitro benzene ring substituents is 1. The Hall–Kier alpha value is -1.69. The number of hydrogen-bond donors (Lipinski definition) is 0. The first kappa shape index (κ1) is 15.7. The maximum atomic E-state index is 13.9. The number of nitro groups is 1. The Balaban J connectivity index is 2.21. The molecule has 0 radical (unpaired) electrons. The summed E-state index contributed by atoms with van der Waals surface area (Å²) in [6, 6.07) is 2.91. The molecule has 1 saturated carbocycles. The van der Waals surface area contributed by atoms with Crippen LogP contribution in [0.1, 0.15) is 36.0 Å². The number of hydrogen-bond acceptors (Lipinski definition) is 3. The molecule has 0 N–H and O–H groups in total. The van der Waals surface area contributed by atoms with E-state index in [4.69, 9.17) is 11.6 Å². The van der Waals surface area contributed by atoms with Crippen LogP contribution in [-0.4, -0.2) is 34.2 Å². The van der Waals surface area contributed by atoms with Gasteiger partial charge in [0.1, 0.15) is 5.82 Å². The third-order valence-corrected chi connectivity index (χ3v) is 4.37. The van der Waals surface area contributed by atoms with Crippen LogP contribution in [0.25, 0.3) is 0 Å². The van der Waals surface area contributed by atoms with Crippen LogP contribution in [0, 0.1) is 15.9 Å². The molecule has 7 heteroatoms. The average molecular weight is 315 g/mol. The zero-order valence-corrected chi connectivity index (χ0v) is 12.3. The molecular weight excluding hydrogens is 299 g/mol. The lowest BCUT2D eigenvalue weighted by molar-refractivity contribution is -0.385. The van der Waals surface area contributed by atoms with Crippen LogP contribution in [0.4, 0.5) is 10.1 Å². The van der Waals surface area contributed by atoms with E-state index in [0.29, 0.717) is 0 Å². The van der Waals surface area contributed by atoms with Crippen LogP contribution in [0.2, 0.25) is 0 Å². The second-order valence-electron chi connectivity index (χ2n) is 5.21. The number of benzene rings is 1. The first-order valence-corrected chi connectivity index (χ1v) is 7.20. The predicted molar refractivity (Wildman–Crippen MR) is 77.0 cm³/mol. The van der Waals surface area contributed by atoms with Gasteiger partial charge in [-0.2, -0.15) is 0 Å². The molecule has 114 valence electrons. The molecule has 0 aliphatic heterocycles. The fourth-order valence-corrected chi connectivity index (χ4v) is 3.08. The van der Waals surface area contributed by atoms with Crippen molar-refractivity contribution in [2.45, 2.75) is 37.1 Å². The maximum Gasteiger partial charge on any atom is 0.272 e. The molecule has 2 atom stereocenters. The summed E-state index contributed by atoms with van der Waals surface area (Å²) in [6.45, 7) is 0. The van der Waals surface area contributed by atoms with Crippen LogP contribution in [-0.2, 0) is 0 Å². The highest BCUT2D eigenvalue weighted by molar-refractivity contribution is 6.21. The summed E-state index contributed by atoms with van der Waals surface area (Å²) in [6.07, 6.45) is 3.62. The van der Waals surface area contributed by atoms with Gasteiger partial charge in [-0.1, -0.05) is 12.8 Å². The van der Waals surface area contributed by atoms with Crippen molar-refractivity contribution in [3.63, 3.8) is 0 Å². The molecule has 1 aromatic rings. The first-order chi connectivity index (χ1) is 9.91.